The third-order valence-electron chi connectivity index (χ3n) is 12.1. The molecule has 2 aliphatic rings. The maximum absolute atomic E-state index is 2.48. The largest absolute Gasteiger partial charge is 0.310 e. The monoisotopic (exact) mass is 679 g/mol. The van der Waals surface area contributed by atoms with Gasteiger partial charge in [0.2, 0.25) is 0 Å². The standard InChI is InChI=1S/C52H41N/c1-51(2)46-24-10-7-18-40(46)42-32-31-37(33-48(42)51)53(36-29-27-35(28-30-36)39-21-13-16-34-15-5-6-17-38(34)39)49-26-12-9-20-43(49)45-23-14-22-44-41-19-8-11-25-47(41)52(3,4)50(44)45/h5-33H,1-4H3. The number of fused-ring (bicyclic) bond motifs is 7. The smallest absolute Gasteiger partial charge is 0.0540 e. The number of rotatable bonds is 5. The van der Waals surface area contributed by atoms with E-state index in [1.807, 2.05) is 0 Å². The molecular weight excluding hydrogens is 639 g/mol. The second-order valence-corrected chi connectivity index (χ2v) is 15.7. The van der Waals surface area contributed by atoms with Crippen LogP contribution in [0.5, 0.6) is 0 Å². The van der Waals surface area contributed by atoms with Crippen LogP contribution in [0.2, 0.25) is 0 Å². The molecule has 2 aliphatic carbocycles. The highest BCUT2D eigenvalue weighted by molar-refractivity contribution is 5.98. The van der Waals surface area contributed by atoms with Crippen LogP contribution in [0, 0.1) is 0 Å². The minimum absolute atomic E-state index is 0.110. The van der Waals surface area contributed by atoms with Crippen molar-refractivity contribution in [2.45, 2.75) is 38.5 Å². The molecular formula is C52H41N. The molecule has 0 aliphatic heterocycles. The van der Waals surface area contributed by atoms with Crippen LogP contribution in [-0.2, 0) is 10.8 Å². The van der Waals surface area contributed by atoms with Crippen LogP contribution in [-0.4, -0.2) is 0 Å². The predicted octanol–water partition coefficient (Wildman–Crippen LogP) is 14.3. The van der Waals surface area contributed by atoms with E-state index in [1.165, 1.54) is 83.2 Å². The number of hydrogen-bond donors (Lipinski definition) is 0. The number of anilines is 3. The highest BCUT2D eigenvalue weighted by atomic mass is 15.1. The van der Waals surface area contributed by atoms with Gasteiger partial charge < -0.3 is 4.90 Å². The average molecular weight is 680 g/mol. The zero-order valence-electron chi connectivity index (χ0n) is 30.7. The van der Waals surface area contributed by atoms with E-state index in [4.69, 9.17) is 0 Å². The van der Waals surface area contributed by atoms with Crippen LogP contribution in [0.3, 0.4) is 0 Å². The fourth-order valence-corrected chi connectivity index (χ4v) is 9.49. The number of para-hydroxylation sites is 1. The molecule has 53 heavy (non-hydrogen) atoms. The van der Waals surface area contributed by atoms with E-state index >= 15 is 0 Å². The van der Waals surface area contributed by atoms with Gasteiger partial charge in [0, 0.05) is 27.8 Å². The molecule has 8 aromatic rings. The van der Waals surface area contributed by atoms with Gasteiger partial charge in [0.1, 0.15) is 0 Å². The summed E-state index contributed by atoms with van der Waals surface area (Å²) in [6, 6.07) is 65.3. The summed E-state index contributed by atoms with van der Waals surface area (Å²) in [6.07, 6.45) is 0. The van der Waals surface area contributed by atoms with E-state index in [0.717, 1.165) is 11.4 Å². The van der Waals surface area contributed by atoms with Crippen molar-refractivity contribution in [3.05, 3.63) is 198 Å². The fraction of sp³-hybridized carbons (Fsp3) is 0.115. The van der Waals surface area contributed by atoms with Crippen molar-refractivity contribution in [1.29, 1.82) is 0 Å². The highest BCUT2D eigenvalue weighted by Gasteiger charge is 2.39. The Hall–Kier alpha value is -6.18. The summed E-state index contributed by atoms with van der Waals surface area (Å²) in [5.41, 5.74) is 19.1. The van der Waals surface area contributed by atoms with Gasteiger partial charge in [0.05, 0.1) is 5.69 Å². The molecule has 0 spiro atoms. The lowest BCUT2D eigenvalue weighted by Crippen LogP contribution is -2.18. The lowest BCUT2D eigenvalue weighted by Gasteiger charge is -2.31. The Kier molecular flexibility index (Phi) is 6.94. The molecule has 0 saturated carbocycles. The Morgan fingerprint density at radius 1 is 0.358 bits per heavy atom. The Bertz CT molecular complexity index is 2720. The highest BCUT2D eigenvalue weighted by Crippen LogP contribution is 2.55. The first-order valence-corrected chi connectivity index (χ1v) is 18.8. The Morgan fingerprint density at radius 2 is 0.868 bits per heavy atom. The van der Waals surface area contributed by atoms with E-state index < -0.39 is 0 Å². The molecule has 10 rings (SSSR count). The second kappa shape index (κ2) is 11.7. The van der Waals surface area contributed by atoms with Gasteiger partial charge in [-0.05, 0) is 102 Å². The van der Waals surface area contributed by atoms with Crippen molar-refractivity contribution in [3.8, 4) is 44.5 Å². The van der Waals surface area contributed by atoms with Crippen molar-refractivity contribution in [3.63, 3.8) is 0 Å². The van der Waals surface area contributed by atoms with E-state index in [9.17, 15) is 0 Å². The Morgan fingerprint density at radius 3 is 1.64 bits per heavy atom. The first-order valence-electron chi connectivity index (χ1n) is 18.8. The molecule has 0 fully saturated rings. The van der Waals surface area contributed by atoms with Crippen molar-refractivity contribution >= 4 is 27.8 Å². The lowest BCUT2D eigenvalue weighted by molar-refractivity contribution is 0.660. The number of benzene rings is 8. The van der Waals surface area contributed by atoms with Gasteiger partial charge in [-0.15, -0.1) is 0 Å². The third-order valence-corrected chi connectivity index (χ3v) is 12.1. The SMILES string of the molecule is CC1(C)c2ccccc2-c2ccc(N(c3ccc(-c4cccc5ccccc45)cc3)c3ccccc3-c3cccc4c3C(C)(C)c3ccccc3-4)cc21. The maximum atomic E-state index is 2.48. The molecule has 1 heteroatoms. The van der Waals surface area contributed by atoms with Gasteiger partial charge in [0.25, 0.3) is 0 Å². The molecule has 254 valence electrons. The van der Waals surface area contributed by atoms with Crippen LogP contribution in [0.25, 0.3) is 55.3 Å². The molecule has 0 saturated heterocycles. The van der Waals surface area contributed by atoms with Gasteiger partial charge in [-0.2, -0.15) is 0 Å². The van der Waals surface area contributed by atoms with Gasteiger partial charge >= 0.3 is 0 Å². The van der Waals surface area contributed by atoms with Gasteiger partial charge in [-0.1, -0.05) is 173 Å². The van der Waals surface area contributed by atoms with Gasteiger partial charge in [0.15, 0.2) is 0 Å². The molecule has 0 unspecified atom stereocenters. The van der Waals surface area contributed by atoms with Crippen LogP contribution >= 0.6 is 0 Å². The molecule has 0 heterocycles. The molecule has 1 nitrogen and oxygen atoms in total. The molecule has 0 atom stereocenters. The lowest BCUT2D eigenvalue weighted by atomic mass is 9.78. The molecule has 0 aromatic heterocycles. The van der Waals surface area contributed by atoms with Gasteiger partial charge in [-0.3, -0.25) is 0 Å². The maximum Gasteiger partial charge on any atom is 0.0540 e. The van der Waals surface area contributed by atoms with Crippen molar-refractivity contribution in [2.24, 2.45) is 0 Å². The van der Waals surface area contributed by atoms with Crippen LogP contribution in [0.4, 0.5) is 17.1 Å². The quantitative estimate of drug-likeness (QED) is 0.175. The van der Waals surface area contributed by atoms with Crippen LogP contribution in [0.1, 0.15) is 49.9 Å². The first-order chi connectivity index (χ1) is 25.8. The molecule has 0 radical (unpaired) electrons. The summed E-state index contributed by atoms with van der Waals surface area (Å²) in [5, 5.41) is 2.53. The summed E-state index contributed by atoms with van der Waals surface area (Å²) in [6.45, 7) is 9.50. The normalized spacial score (nSPS) is 14.3. The molecule has 0 N–H and O–H groups in total. The van der Waals surface area contributed by atoms with E-state index in [2.05, 4.69) is 209 Å². The Balaban J connectivity index is 1.18. The van der Waals surface area contributed by atoms with E-state index in [0.29, 0.717) is 0 Å². The molecule has 8 aromatic carbocycles. The third kappa shape index (κ3) is 4.70. The van der Waals surface area contributed by atoms with Gasteiger partial charge in [-0.25, -0.2) is 0 Å². The summed E-state index contributed by atoms with van der Waals surface area (Å²) in [4.78, 5) is 2.48. The molecule has 0 amide bonds. The summed E-state index contributed by atoms with van der Waals surface area (Å²) in [5.74, 6) is 0. The summed E-state index contributed by atoms with van der Waals surface area (Å²) in [7, 11) is 0. The predicted molar refractivity (Wildman–Crippen MR) is 225 cm³/mol. The zero-order chi connectivity index (χ0) is 35.9. The van der Waals surface area contributed by atoms with Crippen molar-refractivity contribution < 1.29 is 0 Å². The minimum atomic E-state index is -0.135. The van der Waals surface area contributed by atoms with Crippen molar-refractivity contribution in [2.75, 3.05) is 4.90 Å². The molecule has 0 bridgehead atoms. The van der Waals surface area contributed by atoms with E-state index in [-0.39, 0.29) is 10.8 Å². The van der Waals surface area contributed by atoms with Crippen LogP contribution in [0.15, 0.2) is 176 Å². The minimum Gasteiger partial charge on any atom is -0.310 e. The van der Waals surface area contributed by atoms with Crippen LogP contribution < -0.4 is 4.90 Å². The zero-order valence-corrected chi connectivity index (χ0v) is 30.7. The summed E-state index contributed by atoms with van der Waals surface area (Å²) < 4.78 is 0. The second-order valence-electron chi connectivity index (χ2n) is 15.7. The fourth-order valence-electron chi connectivity index (χ4n) is 9.49. The van der Waals surface area contributed by atoms with E-state index in [1.54, 1.807) is 0 Å². The Labute approximate surface area is 312 Å². The number of nitrogens with zero attached hydrogens (tertiary/aromatic N) is 1. The first kappa shape index (κ1) is 31.5. The number of hydrogen-bond acceptors (Lipinski definition) is 1. The van der Waals surface area contributed by atoms with Crippen molar-refractivity contribution in [1.82, 2.24) is 0 Å². The average Bonchev–Trinajstić information content (AvgIpc) is 3.58. The topological polar surface area (TPSA) is 3.24 Å². The summed E-state index contributed by atoms with van der Waals surface area (Å²) >= 11 is 0.